The van der Waals surface area contributed by atoms with Crippen molar-refractivity contribution in [3.05, 3.63) is 100 Å². The first-order valence-corrected chi connectivity index (χ1v) is 11.7. The summed E-state index contributed by atoms with van der Waals surface area (Å²) in [6.07, 6.45) is 0.376. The van der Waals surface area contributed by atoms with Gasteiger partial charge in [0, 0.05) is 12.1 Å². The number of carbonyl (C=O) groups excluding carboxylic acids is 3. The second-order valence-corrected chi connectivity index (χ2v) is 8.55. The van der Waals surface area contributed by atoms with Crippen LogP contribution in [-0.4, -0.2) is 55.5 Å². The molecule has 1 fully saturated rings. The Bertz CT molecular complexity index is 1400. The average Bonchev–Trinajstić information content (AvgIpc) is 3.20. The summed E-state index contributed by atoms with van der Waals surface area (Å²) in [5, 5.41) is 11.1. The molecule has 1 amide bonds. The minimum atomic E-state index is -0.938. The number of aliphatic hydroxyl groups excluding tert-OH is 1. The molecule has 0 spiro atoms. The molecular formula is C29H26FNO7. The number of carbonyl (C=O) groups is 3. The lowest BCUT2D eigenvalue weighted by molar-refractivity contribution is -0.139. The van der Waals surface area contributed by atoms with E-state index in [1.807, 2.05) is 6.07 Å². The van der Waals surface area contributed by atoms with E-state index in [4.69, 9.17) is 14.2 Å². The van der Waals surface area contributed by atoms with Crippen molar-refractivity contribution >= 4 is 23.4 Å². The van der Waals surface area contributed by atoms with E-state index < -0.39 is 35.3 Å². The third-order valence-electron chi connectivity index (χ3n) is 6.39. The highest BCUT2D eigenvalue weighted by Crippen LogP contribution is 2.40. The van der Waals surface area contributed by atoms with Gasteiger partial charge in [-0.1, -0.05) is 18.2 Å². The Morgan fingerprint density at radius 1 is 0.895 bits per heavy atom. The molecule has 4 rings (SSSR count). The average molecular weight is 520 g/mol. The molecule has 1 aliphatic heterocycles. The van der Waals surface area contributed by atoms with E-state index in [9.17, 15) is 23.9 Å². The summed E-state index contributed by atoms with van der Waals surface area (Å²) >= 11 is 0. The van der Waals surface area contributed by atoms with Gasteiger partial charge in [-0.25, -0.2) is 9.18 Å². The van der Waals surface area contributed by atoms with Gasteiger partial charge < -0.3 is 24.2 Å². The van der Waals surface area contributed by atoms with Gasteiger partial charge in [0.05, 0.1) is 38.5 Å². The number of ketones is 1. The number of amides is 1. The topological polar surface area (TPSA) is 102 Å². The number of likely N-dealkylation sites (tertiary alicyclic amines) is 1. The number of ether oxygens (including phenoxy) is 3. The summed E-state index contributed by atoms with van der Waals surface area (Å²) in [5.41, 5.74) is 1.70. The highest BCUT2D eigenvalue weighted by molar-refractivity contribution is 6.46. The van der Waals surface area contributed by atoms with E-state index in [-0.39, 0.29) is 23.2 Å². The second-order valence-electron chi connectivity index (χ2n) is 8.55. The van der Waals surface area contributed by atoms with Crippen LogP contribution in [0.5, 0.6) is 11.5 Å². The minimum Gasteiger partial charge on any atom is -0.507 e. The van der Waals surface area contributed by atoms with Gasteiger partial charge in [0.25, 0.3) is 11.7 Å². The Kier molecular flexibility index (Phi) is 7.76. The molecule has 3 aromatic carbocycles. The Morgan fingerprint density at radius 3 is 2.13 bits per heavy atom. The third kappa shape index (κ3) is 5.08. The molecule has 0 saturated carbocycles. The van der Waals surface area contributed by atoms with Gasteiger partial charge in [0.1, 0.15) is 11.6 Å². The van der Waals surface area contributed by atoms with Crippen LogP contribution in [-0.2, 0) is 20.7 Å². The molecule has 0 aliphatic carbocycles. The fourth-order valence-corrected chi connectivity index (χ4v) is 4.43. The molecule has 38 heavy (non-hydrogen) atoms. The van der Waals surface area contributed by atoms with Gasteiger partial charge in [0.15, 0.2) is 11.5 Å². The Balaban J connectivity index is 1.75. The van der Waals surface area contributed by atoms with Crippen LogP contribution in [0.4, 0.5) is 4.39 Å². The quantitative estimate of drug-likeness (QED) is 0.205. The van der Waals surface area contributed by atoms with Crippen LogP contribution in [0, 0.1) is 5.82 Å². The molecule has 1 heterocycles. The van der Waals surface area contributed by atoms with Crippen molar-refractivity contribution in [1.82, 2.24) is 4.90 Å². The number of benzene rings is 3. The summed E-state index contributed by atoms with van der Waals surface area (Å²) in [7, 11) is 4.32. The maximum atomic E-state index is 13.5. The highest BCUT2D eigenvalue weighted by Gasteiger charge is 2.45. The van der Waals surface area contributed by atoms with Crippen molar-refractivity contribution in [3.8, 4) is 11.5 Å². The smallest absolute Gasteiger partial charge is 0.337 e. The van der Waals surface area contributed by atoms with Crippen molar-refractivity contribution in [2.24, 2.45) is 0 Å². The van der Waals surface area contributed by atoms with Gasteiger partial charge in [-0.15, -0.1) is 0 Å². The number of hydrogen-bond acceptors (Lipinski definition) is 7. The molecule has 1 saturated heterocycles. The van der Waals surface area contributed by atoms with Crippen LogP contribution in [0.25, 0.3) is 5.76 Å². The second kappa shape index (κ2) is 11.2. The number of halogens is 1. The molecule has 1 aliphatic rings. The van der Waals surface area contributed by atoms with Gasteiger partial charge in [0.2, 0.25) is 0 Å². The molecule has 196 valence electrons. The zero-order valence-electron chi connectivity index (χ0n) is 21.1. The molecule has 0 aromatic heterocycles. The predicted octanol–water partition coefficient (Wildman–Crippen LogP) is 4.29. The maximum absolute atomic E-state index is 13.5. The van der Waals surface area contributed by atoms with Crippen LogP contribution >= 0.6 is 0 Å². The Morgan fingerprint density at radius 2 is 1.53 bits per heavy atom. The molecule has 3 aromatic rings. The van der Waals surface area contributed by atoms with E-state index in [1.165, 1.54) is 50.5 Å². The zero-order valence-corrected chi connectivity index (χ0v) is 21.1. The number of aliphatic hydroxyl groups is 1. The lowest BCUT2D eigenvalue weighted by atomic mass is 9.94. The van der Waals surface area contributed by atoms with Gasteiger partial charge in [-0.2, -0.15) is 0 Å². The lowest BCUT2D eigenvalue weighted by Gasteiger charge is -2.25. The summed E-state index contributed by atoms with van der Waals surface area (Å²) in [4.78, 5) is 39.7. The first-order valence-electron chi connectivity index (χ1n) is 11.7. The highest BCUT2D eigenvalue weighted by atomic mass is 19.1. The molecule has 0 radical (unpaired) electrons. The first kappa shape index (κ1) is 26.4. The lowest BCUT2D eigenvalue weighted by Crippen LogP contribution is -2.31. The van der Waals surface area contributed by atoms with Crippen molar-refractivity contribution in [2.75, 3.05) is 27.9 Å². The fraction of sp³-hybridized carbons (Fsp3) is 0.207. The number of Topliss-reactive ketones (excluding diaryl/α,β-unsaturated/α-hetero) is 1. The molecule has 1 atom stereocenters. The van der Waals surface area contributed by atoms with Crippen LogP contribution in [0.3, 0.4) is 0 Å². The number of nitrogens with zero attached hydrogens (tertiary/aromatic N) is 1. The molecular weight excluding hydrogens is 493 g/mol. The Hall–Kier alpha value is -4.66. The number of hydrogen-bond donors (Lipinski definition) is 1. The molecule has 0 bridgehead atoms. The largest absolute Gasteiger partial charge is 0.507 e. The minimum absolute atomic E-state index is 0.125. The number of methoxy groups -OCH3 is 3. The van der Waals surface area contributed by atoms with E-state index in [2.05, 4.69) is 0 Å². The molecule has 9 heteroatoms. The van der Waals surface area contributed by atoms with Crippen molar-refractivity contribution in [1.29, 1.82) is 0 Å². The molecule has 8 nitrogen and oxygen atoms in total. The summed E-state index contributed by atoms with van der Waals surface area (Å²) < 4.78 is 28.9. The summed E-state index contributed by atoms with van der Waals surface area (Å²) in [6.45, 7) is 0.143. The van der Waals surface area contributed by atoms with Gasteiger partial charge in [-0.05, 0) is 66.1 Å². The number of rotatable bonds is 8. The van der Waals surface area contributed by atoms with E-state index in [0.29, 0.717) is 23.5 Å². The summed E-state index contributed by atoms with van der Waals surface area (Å²) in [5.74, 6) is -2.02. The van der Waals surface area contributed by atoms with E-state index in [1.54, 1.807) is 24.3 Å². The standard InChI is InChI=1S/C29H26FNO7/c1-36-22-13-4-17(16-23(22)37-2)14-15-31-25(18-5-7-20(8-6-18)29(35)38-3)24(27(33)28(31)34)26(32)19-9-11-21(30)12-10-19/h4-13,16,25,32H,14-15H2,1-3H3/t25-/m0/s1. The van der Waals surface area contributed by atoms with Crippen LogP contribution in [0.1, 0.15) is 33.1 Å². The Labute approximate surface area is 218 Å². The van der Waals surface area contributed by atoms with Gasteiger partial charge in [-0.3, -0.25) is 9.59 Å². The van der Waals surface area contributed by atoms with Crippen molar-refractivity contribution in [2.45, 2.75) is 12.5 Å². The van der Waals surface area contributed by atoms with Crippen LogP contribution in [0.15, 0.2) is 72.3 Å². The monoisotopic (exact) mass is 519 g/mol. The fourth-order valence-electron chi connectivity index (χ4n) is 4.43. The zero-order chi connectivity index (χ0) is 27.4. The molecule has 1 N–H and O–H groups in total. The first-order chi connectivity index (χ1) is 18.3. The number of esters is 1. The van der Waals surface area contributed by atoms with E-state index >= 15 is 0 Å². The third-order valence-corrected chi connectivity index (χ3v) is 6.39. The van der Waals surface area contributed by atoms with Gasteiger partial charge >= 0.3 is 5.97 Å². The normalized spacial score (nSPS) is 16.4. The SMILES string of the molecule is COC(=O)c1ccc([C@H]2C(=C(O)c3ccc(F)cc3)C(=O)C(=O)N2CCc2ccc(OC)c(OC)c2)cc1. The van der Waals surface area contributed by atoms with Crippen LogP contribution < -0.4 is 9.47 Å². The van der Waals surface area contributed by atoms with Crippen molar-refractivity contribution < 1.29 is 38.1 Å². The summed E-state index contributed by atoms with van der Waals surface area (Å²) in [6, 6.07) is 15.6. The van der Waals surface area contributed by atoms with Crippen molar-refractivity contribution in [3.63, 3.8) is 0 Å². The molecule has 0 unspecified atom stereocenters. The maximum Gasteiger partial charge on any atom is 0.337 e. The predicted molar refractivity (Wildman–Crippen MR) is 136 cm³/mol. The van der Waals surface area contributed by atoms with Crippen LogP contribution in [0.2, 0.25) is 0 Å². The van der Waals surface area contributed by atoms with E-state index in [0.717, 1.165) is 17.7 Å².